The first-order valence-corrected chi connectivity index (χ1v) is 11.3. The summed E-state index contributed by atoms with van der Waals surface area (Å²) in [6.45, 7) is 4.28. The van der Waals surface area contributed by atoms with E-state index >= 15 is 0 Å². The average molecular weight is 505 g/mol. The van der Waals surface area contributed by atoms with E-state index in [1.165, 1.54) is 0 Å². The van der Waals surface area contributed by atoms with E-state index in [4.69, 9.17) is 16.3 Å². The van der Waals surface area contributed by atoms with Gasteiger partial charge in [0.25, 0.3) is 0 Å². The van der Waals surface area contributed by atoms with Crippen LogP contribution in [0, 0.1) is 0 Å². The highest BCUT2D eigenvalue weighted by atomic mass is 35.5. The Morgan fingerprint density at radius 1 is 1.03 bits per heavy atom. The molecule has 0 saturated heterocycles. The summed E-state index contributed by atoms with van der Waals surface area (Å²) in [5, 5.41) is 26.8. The van der Waals surface area contributed by atoms with Gasteiger partial charge in [-0.15, -0.1) is 12.4 Å². The van der Waals surface area contributed by atoms with Crippen molar-refractivity contribution >= 4 is 35.7 Å². The maximum absolute atomic E-state index is 11.4. The van der Waals surface area contributed by atoms with Crippen LogP contribution in [0.4, 0.5) is 5.69 Å². The summed E-state index contributed by atoms with van der Waals surface area (Å²) in [4.78, 5) is 11.4. The van der Waals surface area contributed by atoms with Crippen molar-refractivity contribution in [2.45, 2.75) is 19.4 Å². The predicted octanol–water partition coefficient (Wildman–Crippen LogP) is 5.65. The van der Waals surface area contributed by atoms with Crippen molar-refractivity contribution in [3.05, 3.63) is 82.9 Å². The van der Waals surface area contributed by atoms with Crippen LogP contribution in [0.5, 0.6) is 5.75 Å². The Morgan fingerprint density at radius 2 is 1.76 bits per heavy atom. The van der Waals surface area contributed by atoms with Gasteiger partial charge in [0, 0.05) is 30.3 Å². The minimum absolute atomic E-state index is 0. The molecule has 0 saturated carbocycles. The van der Waals surface area contributed by atoms with Crippen LogP contribution in [-0.4, -0.2) is 42.4 Å². The molecule has 0 unspecified atom stereocenters. The van der Waals surface area contributed by atoms with E-state index in [-0.39, 0.29) is 18.0 Å². The number of anilines is 1. The van der Waals surface area contributed by atoms with Crippen molar-refractivity contribution in [3.63, 3.8) is 0 Å². The number of aliphatic hydroxyl groups is 1. The van der Waals surface area contributed by atoms with Crippen LogP contribution in [0.15, 0.2) is 66.7 Å². The Balaban J connectivity index is 0.00000408. The van der Waals surface area contributed by atoms with Gasteiger partial charge in [0.15, 0.2) is 0 Å². The van der Waals surface area contributed by atoms with E-state index in [0.29, 0.717) is 37.0 Å². The summed E-state index contributed by atoms with van der Waals surface area (Å²) < 4.78 is 5.64. The normalized spacial score (nSPS) is 11.4. The quantitative estimate of drug-likeness (QED) is 0.238. The van der Waals surface area contributed by atoms with Gasteiger partial charge in [-0.1, -0.05) is 48.9 Å². The molecule has 0 aliphatic carbocycles. The monoisotopic (exact) mass is 504 g/mol. The first-order chi connectivity index (χ1) is 16.0. The maximum atomic E-state index is 11.4. The Hall–Kier alpha value is -2.77. The topological polar surface area (TPSA) is 90.8 Å². The highest BCUT2D eigenvalue weighted by Crippen LogP contribution is 2.28. The molecule has 3 rings (SSSR count). The van der Waals surface area contributed by atoms with E-state index < -0.39 is 12.1 Å². The van der Waals surface area contributed by atoms with Crippen LogP contribution in [-0.2, 0) is 0 Å². The second-order valence-electron chi connectivity index (χ2n) is 7.64. The first-order valence-electron chi connectivity index (χ1n) is 11.0. The minimum Gasteiger partial charge on any atom is -0.493 e. The lowest BCUT2D eigenvalue weighted by molar-refractivity contribution is 0.0692. The summed E-state index contributed by atoms with van der Waals surface area (Å²) in [5.74, 6) is -0.615. The second-order valence-corrected chi connectivity index (χ2v) is 8.08. The molecule has 3 aromatic rings. The van der Waals surface area contributed by atoms with E-state index in [9.17, 15) is 15.0 Å². The largest absolute Gasteiger partial charge is 0.493 e. The third-order valence-electron chi connectivity index (χ3n) is 5.09. The molecular weight excluding hydrogens is 475 g/mol. The van der Waals surface area contributed by atoms with Gasteiger partial charge >= 0.3 is 5.97 Å². The van der Waals surface area contributed by atoms with E-state index in [1.807, 2.05) is 43.3 Å². The maximum Gasteiger partial charge on any atom is 0.339 e. The first kappa shape index (κ1) is 27.5. The molecule has 34 heavy (non-hydrogen) atoms. The van der Waals surface area contributed by atoms with Gasteiger partial charge in [0.2, 0.25) is 0 Å². The highest BCUT2D eigenvalue weighted by molar-refractivity contribution is 6.30. The summed E-state index contributed by atoms with van der Waals surface area (Å²) in [5.41, 5.74) is 3.80. The zero-order valence-corrected chi connectivity index (χ0v) is 20.5. The molecule has 0 aliphatic heterocycles. The Kier molecular flexibility index (Phi) is 11.2. The molecule has 1 atom stereocenters. The predicted molar refractivity (Wildman–Crippen MR) is 140 cm³/mol. The van der Waals surface area contributed by atoms with Gasteiger partial charge in [-0.2, -0.15) is 0 Å². The second kappa shape index (κ2) is 13.8. The number of carbonyl (C=O) groups is 1. The van der Waals surface area contributed by atoms with E-state index in [0.717, 1.165) is 28.8 Å². The number of aromatic carboxylic acids is 1. The number of hydrogen-bond acceptors (Lipinski definition) is 5. The molecule has 0 heterocycles. The third-order valence-corrected chi connectivity index (χ3v) is 5.33. The van der Waals surface area contributed by atoms with Crippen LogP contribution in [0.1, 0.15) is 35.4 Å². The molecule has 3 aromatic carbocycles. The lowest BCUT2D eigenvalue weighted by Gasteiger charge is -2.13. The molecule has 4 N–H and O–H groups in total. The summed E-state index contributed by atoms with van der Waals surface area (Å²) in [6, 6.07) is 20.3. The molecule has 0 bridgehead atoms. The number of benzene rings is 3. The fourth-order valence-electron chi connectivity index (χ4n) is 3.36. The van der Waals surface area contributed by atoms with Crippen molar-refractivity contribution in [1.82, 2.24) is 5.32 Å². The fraction of sp³-hybridized carbons (Fsp3) is 0.269. The van der Waals surface area contributed by atoms with Crippen LogP contribution in [0.2, 0.25) is 5.02 Å². The zero-order chi connectivity index (χ0) is 23.6. The SMILES string of the molecule is CCCOc1cc(-c2ccc(NCCNC[C@H](O)c3cccc(Cl)c3)cc2)ccc1C(=O)O.Cl. The summed E-state index contributed by atoms with van der Waals surface area (Å²) in [6.07, 6.45) is 0.194. The molecular formula is C26H30Cl2N2O4. The average Bonchev–Trinajstić information content (AvgIpc) is 2.82. The van der Waals surface area contributed by atoms with Gasteiger partial charge in [-0.25, -0.2) is 4.79 Å². The van der Waals surface area contributed by atoms with Crippen molar-refractivity contribution in [1.29, 1.82) is 0 Å². The zero-order valence-electron chi connectivity index (χ0n) is 19.0. The lowest BCUT2D eigenvalue weighted by atomic mass is 10.0. The standard InChI is InChI=1S/C26H29ClN2O4.ClH/c1-2-14-33-25-16-19(8-11-23(25)26(31)32)18-6-9-22(10-7-18)29-13-12-28-17-24(30)20-4-3-5-21(27)15-20;/h3-11,15-16,24,28-30H,2,12-14,17H2,1H3,(H,31,32);1H/t24-;/m0./s1. The van der Waals surface area contributed by atoms with Crippen molar-refractivity contribution < 1.29 is 19.7 Å². The van der Waals surface area contributed by atoms with Gasteiger partial charge in [-0.05, 0) is 59.5 Å². The number of carboxylic acid groups (broad SMARTS) is 1. The van der Waals surface area contributed by atoms with Crippen molar-refractivity contribution in [3.8, 4) is 16.9 Å². The molecule has 0 fully saturated rings. The van der Waals surface area contributed by atoms with Gasteiger partial charge in [-0.3, -0.25) is 0 Å². The molecule has 182 valence electrons. The van der Waals surface area contributed by atoms with Crippen LogP contribution < -0.4 is 15.4 Å². The van der Waals surface area contributed by atoms with Gasteiger partial charge in [0.05, 0.1) is 12.7 Å². The number of nitrogens with one attached hydrogen (secondary N) is 2. The lowest BCUT2D eigenvalue weighted by Crippen LogP contribution is -2.26. The van der Waals surface area contributed by atoms with Gasteiger partial charge < -0.3 is 25.6 Å². The minimum atomic E-state index is -0.999. The van der Waals surface area contributed by atoms with E-state index in [2.05, 4.69) is 10.6 Å². The Labute approximate surface area is 211 Å². The molecule has 0 aliphatic rings. The number of ether oxygens (including phenoxy) is 1. The third kappa shape index (κ3) is 7.92. The highest BCUT2D eigenvalue weighted by Gasteiger charge is 2.13. The fourth-order valence-corrected chi connectivity index (χ4v) is 3.55. The number of halogens is 2. The molecule has 6 nitrogen and oxygen atoms in total. The Morgan fingerprint density at radius 3 is 2.44 bits per heavy atom. The molecule has 0 radical (unpaired) electrons. The van der Waals surface area contributed by atoms with Crippen LogP contribution in [0.25, 0.3) is 11.1 Å². The van der Waals surface area contributed by atoms with Crippen LogP contribution in [0.3, 0.4) is 0 Å². The van der Waals surface area contributed by atoms with Crippen LogP contribution >= 0.6 is 24.0 Å². The summed E-state index contributed by atoms with van der Waals surface area (Å²) >= 11 is 5.97. The van der Waals surface area contributed by atoms with Crippen molar-refractivity contribution in [2.24, 2.45) is 0 Å². The summed E-state index contributed by atoms with van der Waals surface area (Å²) in [7, 11) is 0. The van der Waals surface area contributed by atoms with E-state index in [1.54, 1.807) is 30.3 Å². The molecule has 0 spiro atoms. The number of aliphatic hydroxyl groups excluding tert-OH is 1. The smallest absolute Gasteiger partial charge is 0.339 e. The number of rotatable bonds is 12. The molecule has 0 amide bonds. The number of hydrogen-bond donors (Lipinski definition) is 4. The molecule has 0 aromatic heterocycles. The Bertz CT molecular complexity index is 1060. The van der Waals surface area contributed by atoms with Gasteiger partial charge in [0.1, 0.15) is 11.3 Å². The van der Waals surface area contributed by atoms with Crippen molar-refractivity contribution in [2.75, 3.05) is 31.6 Å². The molecule has 8 heteroatoms. The number of carboxylic acids is 1.